The standard InChI is InChI=1S/C14H15N5O/c1-8-5-17-10(6-16-8)7-18-13-4-12-9(2-11(13)15)3-14(20)19-12/h2,4-6,18H,3,7,15H2,1H3,(H,19,20). The molecule has 0 spiro atoms. The Balaban J connectivity index is 1.76. The van der Waals surface area contributed by atoms with Crippen molar-refractivity contribution >= 4 is 23.0 Å². The van der Waals surface area contributed by atoms with Crippen LogP contribution in [0.3, 0.4) is 0 Å². The van der Waals surface area contributed by atoms with E-state index in [1.54, 1.807) is 12.4 Å². The van der Waals surface area contributed by atoms with E-state index in [1.165, 1.54) is 0 Å². The van der Waals surface area contributed by atoms with Gasteiger partial charge in [-0.2, -0.15) is 0 Å². The molecular weight excluding hydrogens is 254 g/mol. The summed E-state index contributed by atoms with van der Waals surface area (Å²) in [4.78, 5) is 19.8. The Hall–Kier alpha value is -2.63. The molecule has 4 N–H and O–H groups in total. The van der Waals surface area contributed by atoms with E-state index in [1.807, 2.05) is 19.1 Å². The SMILES string of the molecule is Cc1cnc(CNc2cc3c(cc2N)CC(=O)N3)cn1. The largest absolute Gasteiger partial charge is 0.397 e. The lowest BCUT2D eigenvalue weighted by Crippen LogP contribution is -2.06. The number of carbonyl (C=O) groups excluding carboxylic acids is 1. The van der Waals surface area contributed by atoms with Gasteiger partial charge in [0.1, 0.15) is 0 Å². The second-order valence-corrected chi connectivity index (χ2v) is 4.82. The third-order valence-corrected chi connectivity index (χ3v) is 3.19. The number of anilines is 3. The fourth-order valence-electron chi connectivity index (χ4n) is 2.14. The number of benzene rings is 1. The number of nitrogens with one attached hydrogen (secondary N) is 2. The zero-order chi connectivity index (χ0) is 14.1. The number of aromatic nitrogens is 2. The van der Waals surface area contributed by atoms with Gasteiger partial charge in [-0.05, 0) is 24.6 Å². The maximum Gasteiger partial charge on any atom is 0.228 e. The van der Waals surface area contributed by atoms with Gasteiger partial charge in [-0.1, -0.05) is 0 Å². The molecule has 3 rings (SSSR count). The number of fused-ring (bicyclic) bond motifs is 1. The highest BCUT2D eigenvalue weighted by molar-refractivity contribution is 6.00. The molecule has 0 atom stereocenters. The predicted octanol–water partition coefficient (Wildman–Crippen LogP) is 1.47. The molecule has 1 aromatic carbocycles. The molecule has 0 saturated carbocycles. The molecule has 2 heterocycles. The first-order valence-electron chi connectivity index (χ1n) is 6.35. The second kappa shape index (κ2) is 4.80. The van der Waals surface area contributed by atoms with Crippen molar-refractivity contribution in [3.8, 4) is 0 Å². The highest BCUT2D eigenvalue weighted by Crippen LogP contribution is 2.31. The van der Waals surface area contributed by atoms with Crippen molar-refractivity contribution in [3.63, 3.8) is 0 Å². The van der Waals surface area contributed by atoms with E-state index in [4.69, 9.17) is 5.73 Å². The summed E-state index contributed by atoms with van der Waals surface area (Å²) in [6.07, 6.45) is 3.85. The van der Waals surface area contributed by atoms with E-state index >= 15 is 0 Å². The fraction of sp³-hybridized carbons (Fsp3) is 0.214. The molecule has 0 saturated heterocycles. The molecule has 0 unspecified atom stereocenters. The lowest BCUT2D eigenvalue weighted by atomic mass is 10.1. The summed E-state index contributed by atoms with van der Waals surface area (Å²) in [7, 11) is 0. The lowest BCUT2D eigenvalue weighted by Gasteiger charge is -2.11. The first kappa shape index (κ1) is 12.4. The Labute approximate surface area is 116 Å². The van der Waals surface area contributed by atoms with Gasteiger partial charge in [-0.25, -0.2) is 0 Å². The lowest BCUT2D eigenvalue weighted by molar-refractivity contribution is -0.115. The Morgan fingerprint density at radius 1 is 1.35 bits per heavy atom. The highest BCUT2D eigenvalue weighted by atomic mass is 16.1. The van der Waals surface area contributed by atoms with Crippen LogP contribution in [0.4, 0.5) is 17.1 Å². The Morgan fingerprint density at radius 3 is 2.95 bits per heavy atom. The van der Waals surface area contributed by atoms with Crippen molar-refractivity contribution in [3.05, 3.63) is 41.5 Å². The smallest absolute Gasteiger partial charge is 0.228 e. The first-order valence-corrected chi connectivity index (χ1v) is 6.35. The number of nitrogens with two attached hydrogens (primary N) is 1. The van der Waals surface area contributed by atoms with Gasteiger partial charge in [-0.15, -0.1) is 0 Å². The van der Waals surface area contributed by atoms with E-state index in [0.29, 0.717) is 18.7 Å². The maximum absolute atomic E-state index is 11.3. The first-order chi connectivity index (χ1) is 9.61. The number of amides is 1. The number of nitrogens with zero attached hydrogens (tertiary/aromatic N) is 2. The van der Waals surface area contributed by atoms with Crippen molar-refractivity contribution in [2.24, 2.45) is 0 Å². The predicted molar refractivity (Wildman–Crippen MR) is 77.3 cm³/mol. The van der Waals surface area contributed by atoms with Gasteiger partial charge in [-0.3, -0.25) is 14.8 Å². The summed E-state index contributed by atoms with van der Waals surface area (Å²) in [5.74, 6) is 0.000881. The molecule has 0 fully saturated rings. The van der Waals surface area contributed by atoms with Crippen LogP contribution in [-0.2, 0) is 17.8 Å². The van der Waals surface area contributed by atoms with Gasteiger partial charge < -0.3 is 16.4 Å². The molecule has 0 aliphatic carbocycles. The number of carbonyl (C=O) groups is 1. The van der Waals surface area contributed by atoms with Crippen LogP contribution < -0.4 is 16.4 Å². The van der Waals surface area contributed by atoms with Crippen molar-refractivity contribution in [1.82, 2.24) is 9.97 Å². The third-order valence-electron chi connectivity index (χ3n) is 3.19. The normalized spacial score (nSPS) is 12.9. The Kier molecular flexibility index (Phi) is 2.98. The van der Waals surface area contributed by atoms with Gasteiger partial charge in [0.05, 0.1) is 41.9 Å². The Morgan fingerprint density at radius 2 is 2.20 bits per heavy atom. The number of nitrogen functional groups attached to an aromatic ring is 1. The van der Waals surface area contributed by atoms with Crippen LogP contribution in [0.1, 0.15) is 17.0 Å². The van der Waals surface area contributed by atoms with Gasteiger partial charge in [0.25, 0.3) is 0 Å². The summed E-state index contributed by atoms with van der Waals surface area (Å²) in [5.41, 5.74) is 10.9. The molecule has 0 radical (unpaired) electrons. The molecule has 1 amide bonds. The number of hydrogen-bond acceptors (Lipinski definition) is 5. The minimum Gasteiger partial charge on any atom is -0.397 e. The summed E-state index contributed by atoms with van der Waals surface area (Å²) in [6, 6.07) is 3.69. The maximum atomic E-state index is 11.3. The minimum atomic E-state index is 0.000881. The summed E-state index contributed by atoms with van der Waals surface area (Å²) in [6.45, 7) is 2.43. The van der Waals surface area contributed by atoms with Crippen LogP contribution >= 0.6 is 0 Å². The molecule has 6 nitrogen and oxygen atoms in total. The van der Waals surface area contributed by atoms with Crippen LogP contribution in [0.15, 0.2) is 24.5 Å². The molecule has 1 aromatic heterocycles. The molecule has 1 aliphatic rings. The van der Waals surface area contributed by atoms with Gasteiger partial charge in [0, 0.05) is 11.9 Å². The average molecular weight is 269 g/mol. The second-order valence-electron chi connectivity index (χ2n) is 4.82. The van der Waals surface area contributed by atoms with Crippen molar-refractivity contribution < 1.29 is 4.79 Å². The molecule has 102 valence electrons. The third kappa shape index (κ3) is 2.40. The monoisotopic (exact) mass is 269 g/mol. The summed E-state index contributed by atoms with van der Waals surface area (Å²) < 4.78 is 0. The van der Waals surface area contributed by atoms with Crippen LogP contribution in [0, 0.1) is 6.92 Å². The van der Waals surface area contributed by atoms with Gasteiger partial charge >= 0.3 is 0 Å². The summed E-state index contributed by atoms with van der Waals surface area (Å²) >= 11 is 0. The molecule has 2 aromatic rings. The Bertz CT molecular complexity index is 666. The molecule has 0 bridgehead atoms. The molecule has 20 heavy (non-hydrogen) atoms. The number of aryl methyl sites for hydroxylation is 1. The van der Waals surface area contributed by atoms with E-state index in [-0.39, 0.29) is 5.91 Å². The minimum absolute atomic E-state index is 0.000881. The van der Waals surface area contributed by atoms with Crippen LogP contribution in [0.2, 0.25) is 0 Å². The van der Waals surface area contributed by atoms with Crippen LogP contribution in [0.25, 0.3) is 0 Å². The van der Waals surface area contributed by atoms with Crippen LogP contribution in [0.5, 0.6) is 0 Å². The fourth-order valence-corrected chi connectivity index (χ4v) is 2.14. The zero-order valence-electron chi connectivity index (χ0n) is 11.1. The number of hydrogen-bond donors (Lipinski definition) is 3. The van der Waals surface area contributed by atoms with E-state index in [0.717, 1.165) is 28.3 Å². The quantitative estimate of drug-likeness (QED) is 0.734. The van der Waals surface area contributed by atoms with E-state index in [9.17, 15) is 4.79 Å². The van der Waals surface area contributed by atoms with Gasteiger partial charge in [0.15, 0.2) is 0 Å². The van der Waals surface area contributed by atoms with Gasteiger partial charge in [0.2, 0.25) is 5.91 Å². The van der Waals surface area contributed by atoms with Crippen molar-refractivity contribution in [2.45, 2.75) is 19.9 Å². The highest BCUT2D eigenvalue weighted by Gasteiger charge is 2.19. The van der Waals surface area contributed by atoms with E-state index < -0.39 is 0 Å². The molecule has 1 aliphatic heterocycles. The van der Waals surface area contributed by atoms with Crippen LogP contribution in [-0.4, -0.2) is 15.9 Å². The zero-order valence-corrected chi connectivity index (χ0v) is 11.1. The van der Waals surface area contributed by atoms with Crippen molar-refractivity contribution in [1.29, 1.82) is 0 Å². The average Bonchev–Trinajstić information content (AvgIpc) is 2.77. The topological polar surface area (TPSA) is 92.9 Å². The number of rotatable bonds is 3. The molecule has 6 heteroatoms. The van der Waals surface area contributed by atoms with E-state index in [2.05, 4.69) is 20.6 Å². The summed E-state index contributed by atoms with van der Waals surface area (Å²) in [5, 5.41) is 6.02. The van der Waals surface area contributed by atoms with Crippen molar-refractivity contribution in [2.75, 3.05) is 16.4 Å². The molecular formula is C14H15N5O.